The first kappa shape index (κ1) is 22.8. The summed E-state index contributed by atoms with van der Waals surface area (Å²) >= 11 is 0. The first-order valence-corrected chi connectivity index (χ1v) is 5.83. The van der Waals surface area contributed by atoms with E-state index in [9.17, 15) is 0 Å². The first-order valence-electron chi connectivity index (χ1n) is 5.83. The summed E-state index contributed by atoms with van der Waals surface area (Å²) in [6.07, 6.45) is 4.05. The Hall–Kier alpha value is -1.43. The van der Waals surface area contributed by atoms with E-state index in [2.05, 4.69) is 9.97 Å². The number of ether oxygens (including phenoxy) is 3. The summed E-state index contributed by atoms with van der Waals surface area (Å²) < 4.78 is 15.9. The number of methoxy groups -OCH3 is 3. The van der Waals surface area contributed by atoms with Crippen molar-refractivity contribution in [1.29, 1.82) is 0 Å². The van der Waals surface area contributed by atoms with Crippen LogP contribution >= 0.6 is 37.2 Å². The standard InChI is InChI=1S/C14H16N2O3.3ClH/c1-17-11-7-10(8-12(18-2)14(11)19-3)9-13-15-5-4-6-16-13;;;/h4-8H,9H2,1-3H3;3*1H. The molecule has 124 valence electrons. The van der Waals surface area contributed by atoms with Crippen molar-refractivity contribution in [3.8, 4) is 17.2 Å². The van der Waals surface area contributed by atoms with Gasteiger partial charge in [0, 0.05) is 18.8 Å². The van der Waals surface area contributed by atoms with Crippen LogP contribution < -0.4 is 14.2 Å². The zero-order chi connectivity index (χ0) is 13.7. The van der Waals surface area contributed by atoms with Gasteiger partial charge in [0.2, 0.25) is 5.75 Å². The molecule has 0 saturated carbocycles. The van der Waals surface area contributed by atoms with Gasteiger partial charge in [-0.3, -0.25) is 0 Å². The average molecular weight is 370 g/mol. The van der Waals surface area contributed by atoms with E-state index >= 15 is 0 Å². The molecular weight excluding hydrogens is 351 g/mol. The third-order valence-electron chi connectivity index (χ3n) is 2.71. The molecule has 0 atom stereocenters. The molecule has 0 spiro atoms. The quantitative estimate of drug-likeness (QED) is 0.809. The Labute approximate surface area is 148 Å². The minimum absolute atomic E-state index is 0. The summed E-state index contributed by atoms with van der Waals surface area (Å²) in [6, 6.07) is 5.59. The lowest BCUT2D eigenvalue weighted by Gasteiger charge is -2.13. The topological polar surface area (TPSA) is 53.5 Å². The molecule has 0 bridgehead atoms. The average Bonchev–Trinajstić information content (AvgIpc) is 2.47. The maximum absolute atomic E-state index is 5.31. The van der Waals surface area contributed by atoms with Gasteiger partial charge in [0.1, 0.15) is 5.82 Å². The monoisotopic (exact) mass is 368 g/mol. The van der Waals surface area contributed by atoms with Gasteiger partial charge in [-0.15, -0.1) is 37.2 Å². The predicted octanol–water partition coefficient (Wildman–Crippen LogP) is 3.36. The number of nitrogens with zero attached hydrogens (tertiary/aromatic N) is 2. The van der Waals surface area contributed by atoms with Gasteiger partial charge in [-0.1, -0.05) is 0 Å². The molecule has 2 rings (SSSR count). The molecule has 22 heavy (non-hydrogen) atoms. The van der Waals surface area contributed by atoms with Crippen LogP contribution in [-0.4, -0.2) is 31.3 Å². The Morgan fingerprint density at radius 3 is 1.73 bits per heavy atom. The molecule has 1 heterocycles. The molecule has 0 radical (unpaired) electrons. The van der Waals surface area contributed by atoms with Crippen LogP contribution in [0.5, 0.6) is 17.2 Å². The molecule has 0 saturated heterocycles. The lowest BCUT2D eigenvalue weighted by Crippen LogP contribution is -1.99. The molecule has 0 unspecified atom stereocenters. The first-order chi connectivity index (χ1) is 9.28. The van der Waals surface area contributed by atoms with Crippen molar-refractivity contribution < 1.29 is 14.2 Å². The summed E-state index contributed by atoms with van der Waals surface area (Å²) in [6.45, 7) is 0. The summed E-state index contributed by atoms with van der Waals surface area (Å²) in [5.41, 5.74) is 1.00. The van der Waals surface area contributed by atoms with E-state index in [1.807, 2.05) is 12.1 Å². The molecule has 0 aliphatic heterocycles. The van der Waals surface area contributed by atoms with E-state index in [0.717, 1.165) is 11.4 Å². The van der Waals surface area contributed by atoms with Gasteiger partial charge in [-0.25, -0.2) is 9.97 Å². The second kappa shape index (κ2) is 11.2. The van der Waals surface area contributed by atoms with Crippen molar-refractivity contribution in [1.82, 2.24) is 9.97 Å². The van der Waals surface area contributed by atoms with Crippen molar-refractivity contribution in [3.63, 3.8) is 0 Å². The van der Waals surface area contributed by atoms with E-state index in [1.165, 1.54) is 0 Å². The van der Waals surface area contributed by atoms with Gasteiger partial charge in [-0.2, -0.15) is 0 Å². The number of aromatic nitrogens is 2. The van der Waals surface area contributed by atoms with Crippen LogP contribution in [0.1, 0.15) is 11.4 Å². The lowest BCUT2D eigenvalue weighted by atomic mass is 10.1. The molecule has 0 N–H and O–H groups in total. The number of halogens is 3. The normalized spacial score (nSPS) is 8.68. The van der Waals surface area contributed by atoms with E-state index in [1.54, 1.807) is 39.8 Å². The molecule has 1 aromatic heterocycles. The molecule has 5 nitrogen and oxygen atoms in total. The molecule has 0 aliphatic carbocycles. The van der Waals surface area contributed by atoms with E-state index in [4.69, 9.17) is 14.2 Å². The SMILES string of the molecule is COc1cc(Cc2ncccn2)cc(OC)c1OC.Cl.Cl.Cl. The lowest BCUT2D eigenvalue weighted by molar-refractivity contribution is 0.324. The molecule has 0 amide bonds. The maximum atomic E-state index is 5.31. The van der Waals surface area contributed by atoms with Gasteiger partial charge >= 0.3 is 0 Å². The molecule has 1 aromatic carbocycles. The highest BCUT2D eigenvalue weighted by atomic mass is 35.5. The maximum Gasteiger partial charge on any atom is 0.203 e. The van der Waals surface area contributed by atoms with Crippen LogP contribution in [0.25, 0.3) is 0 Å². The molecule has 2 aromatic rings. The molecule has 0 fully saturated rings. The second-order valence-electron chi connectivity index (χ2n) is 3.88. The second-order valence-corrected chi connectivity index (χ2v) is 3.88. The highest BCUT2D eigenvalue weighted by Gasteiger charge is 2.13. The fourth-order valence-corrected chi connectivity index (χ4v) is 1.84. The van der Waals surface area contributed by atoms with Crippen LogP contribution in [-0.2, 0) is 6.42 Å². The van der Waals surface area contributed by atoms with Gasteiger partial charge < -0.3 is 14.2 Å². The van der Waals surface area contributed by atoms with Gasteiger partial charge in [0.05, 0.1) is 21.3 Å². The summed E-state index contributed by atoms with van der Waals surface area (Å²) in [5.74, 6) is 2.60. The number of benzene rings is 1. The van der Waals surface area contributed by atoms with Crippen LogP contribution in [0.3, 0.4) is 0 Å². The zero-order valence-electron chi connectivity index (χ0n) is 12.4. The van der Waals surface area contributed by atoms with Gasteiger partial charge in [-0.05, 0) is 23.8 Å². The third kappa shape index (κ3) is 5.40. The van der Waals surface area contributed by atoms with Crippen LogP contribution in [0.2, 0.25) is 0 Å². The fourth-order valence-electron chi connectivity index (χ4n) is 1.84. The Bertz CT molecular complexity index is 531. The number of rotatable bonds is 5. The summed E-state index contributed by atoms with van der Waals surface area (Å²) in [4.78, 5) is 8.41. The van der Waals surface area contributed by atoms with Crippen molar-refractivity contribution >= 4 is 37.2 Å². The highest BCUT2D eigenvalue weighted by molar-refractivity contribution is 5.86. The van der Waals surface area contributed by atoms with Crippen molar-refractivity contribution in [3.05, 3.63) is 42.0 Å². The Balaban J connectivity index is 0. The molecular formula is C14H19Cl3N2O3. The minimum atomic E-state index is 0. The Morgan fingerprint density at radius 1 is 0.818 bits per heavy atom. The van der Waals surface area contributed by atoms with Crippen molar-refractivity contribution in [2.45, 2.75) is 6.42 Å². The minimum Gasteiger partial charge on any atom is -0.493 e. The zero-order valence-corrected chi connectivity index (χ0v) is 14.9. The fraction of sp³-hybridized carbons (Fsp3) is 0.286. The summed E-state index contributed by atoms with van der Waals surface area (Å²) in [7, 11) is 4.78. The third-order valence-corrected chi connectivity index (χ3v) is 2.71. The molecule has 8 heteroatoms. The van der Waals surface area contributed by atoms with Crippen molar-refractivity contribution in [2.75, 3.05) is 21.3 Å². The van der Waals surface area contributed by atoms with E-state index in [-0.39, 0.29) is 37.2 Å². The largest absolute Gasteiger partial charge is 0.493 e. The predicted molar refractivity (Wildman–Crippen MR) is 92.7 cm³/mol. The van der Waals surface area contributed by atoms with E-state index in [0.29, 0.717) is 23.7 Å². The van der Waals surface area contributed by atoms with Crippen LogP contribution in [0.15, 0.2) is 30.6 Å². The highest BCUT2D eigenvalue weighted by Crippen LogP contribution is 2.38. The van der Waals surface area contributed by atoms with Crippen LogP contribution in [0, 0.1) is 0 Å². The van der Waals surface area contributed by atoms with Crippen molar-refractivity contribution in [2.24, 2.45) is 0 Å². The number of hydrogen-bond acceptors (Lipinski definition) is 5. The van der Waals surface area contributed by atoms with E-state index < -0.39 is 0 Å². The Morgan fingerprint density at radius 2 is 1.32 bits per heavy atom. The molecule has 0 aliphatic rings. The van der Waals surface area contributed by atoms with Gasteiger partial charge in [0.15, 0.2) is 11.5 Å². The number of hydrogen-bond donors (Lipinski definition) is 0. The smallest absolute Gasteiger partial charge is 0.203 e. The Kier molecular flexibility index (Phi) is 11.6. The van der Waals surface area contributed by atoms with Gasteiger partial charge in [0.25, 0.3) is 0 Å². The van der Waals surface area contributed by atoms with Crippen LogP contribution in [0.4, 0.5) is 0 Å². The summed E-state index contributed by atoms with van der Waals surface area (Å²) in [5, 5.41) is 0.